The maximum absolute atomic E-state index is 17.1. The van der Waals surface area contributed by atoms with E-state index in [1.54, 1.807) is 24.4 Å². The Morgan fingerprint density at radius 1 is 1.22 bits per heavy atom. The minimum atomic E-state index is -0.491. The van der Waals surface area contributed by atoms with Crippen molar-refractivity contribution >= 4 is 50.9 Å². The van der Waals surface area contributed by atoms with Crippen LogP contribution in [0.1, 0.15) is 61.1 Å². The van der Waals surface area contributed by atoms with Gasteiger partial charge in [0.2, 0.25) is 5.91 Å². The molecule has 9 nitrogen and oxygen atoms in total. The van der Waals surface area contributed by atoms with E-state index >= 15 is 4.39 Å². The normalized spacial score (nSPS) is 24.5. The number of carbonyl (C=O) groups is 1. The quantitative estimate of drug-likeness (QED) is 0.177. The lowest BCUT2D eigenvalue weighted by molar-refractivity contribution is -0.133. The molecule has 1 N–H and O–H groups in total. The van der Waals surface area contributed by atoms with E-state index in [4.69, 9.17) is 37.3 Å². The van der Waals surface area contributed by atoms with Gasteiger partial charge in [-0.05, 0) is 62.3 Å². The molecule has 3 saturated heterocycles. The highest BCUT2D eigenvalue weighted by Crippen LogP contribution is 2.51. The van der Waals surface area contributed by atoms with Crippen LogP contribution in [0.3, 0.4) is 0 Å². The van der Waals surface area contributed by atoms with Crippen LogP contribution in [0.4, 0.5) is 4.39 Å². The number of halogens is 3. The average Bonchev–Trinajstić information content (AvgIpc) is 3.59. The zero-order valence-electron chi connectivity index (χ0n) is 26.8. The van der Waals surface area contributed by atoms with Crippen LogP contribution >= 0.6 is 23.2 Å². The van der Waals surface area contributed by atoms with Gasteiger partial charge in [-0.2, -0.15) is 10.2 Å². The highest BCUT2D eigenvalue weighted by atomic mass is 35.5. The number of aryl methyl sites for hydroxylation is 2. The third-order valence-corrected chi connectivity index (χ3v) is 11.7. The molecule has 12 heteroatoms. The van der Waals surface area contributed by atoms with Gasteiger partial charge in [0, 0.05) is 64.6 Å². The summed E-state index contributed by atoms with van der Waals surface area (Å²) >= 11 is 13.1. The van der Waals surface area contributed by atoms with Crippen LogP contribution in [0.25, 0.3) is 32.9 Å². The number of benzene rings is 2. The molecule has 1 amide bonds. The first-order chi connectivity index (χ1) is 23.8. The van der Waals surface area contributed by atoms with E-state index in [0.29, 0.717) is 58.1 Å². The Morgan fingerprint density at radius 3 is 2.80 bits per heavy atom. The summed E-state index contributed by atoms with van der Waals surface area (Å²) in [7, 11) is 0. The lowest BCUT2D eigenvalue weighted by atomic mass is 9.79. The molecule has 0 unspecified atom stereocenters. The van der Waals surface area contributed by atoms with Gasteiger partial charge in [-0.3, -0.25) is 4.79 Å². The summed E-state index contributed by atoms with van der Waals surface area (Å²) in [6.07, 6.45) is 6.85. The maximum Gasteiger partial charge on any atom is 0.393 e. The van der Waals surface area contributed by atoms with Crippen LogP contribution in [-0.2, 0) is 11.2 Å². The Morgan fingerprint density at radius 2 is 2.08 bits per heavy atom. The lowest BCUT2D eigenvalue weighted by Gasteiger charge is -2.39. The molecule has 5 atom stereocenters. The molecule has 2 aliphatic carbocycles. The van der Waals surface area contributed by atoms with Crippen molar-refractivity contribution in [1.82, 2.24) is 24.8 Å². The predicted octanol–water partition coefficient (Wildman–Crippen LogP) is 7.72. The first-order valence-corrected chi connectivity index (χ1v) is 17.7. The molecule has 3 aliphatic heterocycles. The zero-order valence-corrected chi connectivity index (χ0v) is 28.3. The smallest absolute Gasteiger partial charge is 0.393 e. The van der Waals surface area contributed by atoms with E-state index in [2.05, 4.69) is 27.0 Å². The van der Waals surface area contributed by atoms with Gasteiger partial charge in [-0.25, -0.2) is 9.37 Å². The number of likely N-dealkylation sites (tertiary alicyclic amines) is 1. The molecular weight excluding hydrogens is 666 g/mol. The number of aromatic nitrogens is 3. The molecule has 6 heterocycles. The van der Waals surface area contributed by atoms with Crippen molar-refractivity contribution < 1.29 is 18.3 Å². The van der Waals surface area contributed by atoms with Crippen molar-refractivity contribution in [3.05, 3.63) is 75.6 Å². The van der Waals surface area contributed by atoms with Gasteiger partial charge in [-0.15, -0.1) is 0 Å². The number of nitrogens with zero attached hydrogens (tertiary/aromatic N) is 5. The van der Waals surface area contributed by atoms with Crippen molar-refractivity contribution in [3.8, 4) is 23.3 Å². The Hall–Kier alpha value is -4.17. The molecule has 5 fully saturated rings. The molecule has 5 aromatic rings. The van der Waals surface area contributed by atoms with E-state index in [1.165, 1.54) is 6.26 Å². The van der Waals surface area contributed by atoms with E-state index in [0.717, 1.165) is 42.4 Å². The number of nitrogens with one attached hydrogen (secondary N) is 1. The molecule has 2 saturated carbocycles. The maximum atomic E-state index is 17.1. The van der Waals surface area contributed by atoms with Gasteiger partial charge in [-0.1, -0.05) is 35.3 Å². The number of amides is 1. The monoisotopic (exact) mass is 698 g/mol. The average molecular weight is 700 g/mol. The SMILES string of the molecule is Cc1nc2c(F)c(-c3cccc(Cl)c3Cl)c(CCC#N)cc2c2c1cc([C@H]1C[C@H](Oc3ncco3)CN1C(=O)C1CC1)n2[C@H]1[C@H]2CN[C@@H]1C2. The van der Waals surface area contributed by atoms with E-state index in [-0.39, 0.29) is 59.1 Å². The van der Waals surface area contributed by atoms with Crippen LogP contribution in [0.5, 0.6) is 6.08 Å². The molecular formula is C37H33Cl2FN6O3. The number of hydrogen-bond acceptors (Lipinski definition) is 7. The third-order valence-electron chi connectivity index (χ3n) is 10.9. The lowest BCUT2D eigenvalue weighted by Crippen LogP contribution is -2.41. The van der Waals surface area contributed by atoms with Crippen molar-refractivity contribution in [2.45, 2.75) is 69.7 Å². The summed E-state index contributed by atoms with van der Waals surface area (Å²) in [5.74, 6) is 0.0841. The van der Waals surface area contributed by atoms with Gasteiger partial charge >= 0.3 is 6.08 Å². The fraction of sp³-hybridized carbons (Fsp3) is 0.405. The van der Waals surface area contributed by atoms with Crippen molar-refractivity contribution in [3.63, 3.8) is 0 Å². The number of ether oxygens (including phenoxy) is 1. The summed E-state index contributed by atoms with van der Waals surface area (Å²) in [4.78, 5) is 24.9. The molecule has 0 radical (unpaired) electrons. The zero-order chi connectivity index (χ0) is 33.6. The van der Waals surface area contributed by atoms with Crippen LogP contribution in [0, 0.1) is 35.9 Å². The summed E-state index contributed by atoms with van der Waals surface area (Å²) in [5.41, 5.74) is 4.29. The van der Waals surface area contributed by atoms with E-state index in [1.807, 2.05) is 17.9 Å². The number of nitriles is 1. The van der Waals surface area contributed by atoms with Crippen LogP contribution in [0.15, 0.2) is 47.2 Å². The second-order valence-corrected chi connectivity index (χ2v) is 14.6. The van der Waals surface area contributed by atoms with Gasteiger partial charge in [0.1, 0.15) is 17.9 Å². The van der Waals surface area contributed by atoms with E-state index in [9.17, 15) is 10.1 Å². The van der Waals surface area contributed by atoms with Crippen molar-refractivity contribution in [1.29, 1.82) is 5.26 Å². The number of fused-ring (bicyclic) bond motifs is 4. The first-order valence-electron chi connectivity index (χ1n) is 16.9. The van der Waals surface area contributed by atoms with Gasteiger partial charge in [0.15, 0.2) is 5.82 Å². The minimum Gasteiger partial charge on any atom is -0.445 e. The Kier molecular flexibility index (Phi) is 7.38. The number of oxazole rings is 1. The van der Waals surface area contributed by atoms with Crippen LogP contribution in [0.2, 0.25) is 10.0 Å². The molecule has 10 rings (SSSR count). The largest absolute Gasteiger partial charge is 0.445 e. The van der Waals surface area contributed by atoms with Crippen LogP contribution in [-0.4, -0.2) is 50.6 Å². The summed E-state index contributed by atoms with van der Waals surface area (Å²) in [6.45, 7) is 3.24. The van der Waals surface area contributed by atoms with Crippen molar-refractivity contribution in [2.24, 2.45) is 11.8 Å². The highest BCUT2D eigenvalue weighted by molar-refractivity contribution is 6.43. The van der Waals surface area contributed by atoms with Gasteiger partial charge in [0.25, 0.3) is 0 Å². The van der Waals surface area contributed by atoms with E-state index < -0.39 is 5.82 Å². The number of pyridine rings is 1. The molecule has 0 spiro atoms. The summed E-state index contributed by atoms with van der Waals surface area (Å²) in [6, 6.07) is 11.7. The fourth-order valence-corrected chi connectivity index (χ4v) is 8.88. The molecule has 3 aromatic heterocycles. The molecule has 5 aliphatic rings. The Balaban J connectivity index is 1.28. The van der Waals surface area contributed by atoms with Gasteiger partial charge in [0.05, 0.1) is 46.5 Å². The fourth-order valence-electron chi connectivity index (χ4n) is 8.48. The standard InChI is InChI=1S/C37H33Cl2FN6O3/c1-18-24-15-29(28-14-22(49-37-42-10-11-48-37)17-45(28)36(47)19-7-8-19)46(34-21-13-27(34)43-16-21)35(24)25-12-20(4-3-9-41)30(32(40)33(25)44-18)23-5-2-6-26(38)31(23)39/h2,5-6,10-12,15,19,21-22,27-28,34,43H,3-4,7-8,13-14,16-17H2,1H3/t21-,22+,27-,28-,34+/m1/s1. The second-order valence-electron chi connectivity index (χ2n) is 13.8. The predicted molar refractivity (Wildman–Crippen MR) is 183 cm³/mol. The Labute approximate surface area is 291 Å². The van der Waals surface area contributed by atoms with Crippen LogP contribution < -0.4 is 10.1 Å². The third kappa shape index (κ3) is 4.92. The Bertz CT molecular complexity index is 2180. The molecule has 2 bridgehead atoms. The summed E-state index contributed by atoms with van der Waals surface area (Å²) in [5, 5.41) is 15.4. The first kappa shape index (κ1) is 30.9. The topological polar surface area (TPSA) is 109 Å². The molecule has 2 aromatic carbocycles. The number of rotatable bonds is 8. The number of hydrogen-bond donors (Lipinski definition) is 1. The highest BCUT2D eigenvalue weighted by Gasteiger charge is 2.51. The molecule has 49 heavy (non-hydrogen) atoms. The minimum absolute atomic E-state index is 0.0279. The second kappa shape index (κ2) is 11.7. The van der Waals surface area contributed by atoms with Crippen molar-refractivity contribution in [2.75, 3.05) is 13.1 Å². The number of carbonyl (C=O) groups excluding carboxylic acids is 1. The molecule has 250 valence electrons. The van der Waals surface area contributed by atoms with Gasteiger partial charge < -0.3 is 23.9 Å². The summed E-state index contributed by atoms with van der Waals surface area (Å²) < 4.78 is 31.0.